The van der Waals surface area contributed by atoms with Crippen molar-refractivity contribution in [2.24, 2.45) is 0 Å². The first kappa shape index (κ1) is 25.6. The summed E-state index contributed by atoms with van der Waals surface area (Å²) >= 11 is 0. The molecular formula is C24H31N3O4S. The van der Waals surface area contributed by atoms with Crippen LogP contribution in [0, 0.1) is 23.7 Å². The van der Waals surface area contributed by atoms with Crippen LogP contribution in [0.1, 0.15) is 30.9 Å². The van der Waals surface area contributed by atoms with Gasteiger partial charge in [-0.05, 0) is 69.0 Å². The first-order chi connectivity index (χ1) is 15.1. The number of hydroxylamine groups is 1. The molecule has 1 unspecified atom stereocenters. The Labute approximate surface area is 191 Å². The minimum absolute atomic E-state index is 0.103. The molecule has 1 aliphatic rings. The van der Waals surface area contributed by atoms with Gasteiger partial charge >= 0.3 is 0 Å². The van der Waals surface area contributed by atoms with E-state index in [1.165, 1.54) is 18.0 Å². The smallest absolute Gasteiger partial charge is 0.264 e. The van der Waals surface area contributed by atoms with Crippen LogP contribution < -0.4 is 5.48 Å². The van der Waals surface area contributed by atoms with Gasteiger partial charge in [0.2, 0.25) is 0 Å². The fourth-order valence-corrected chi connectivity index (χ4v) is 4.09. The highest BCUT2D eigenvalue weighted by Gasteiger charge is 2.43. The molecule has 172 valence electrons. The summed E-state index contributed by atoms with van der Waals surface area (Å²) in [6, 6.07) is 8.05. The normalized spacial score (nSPS) is 16.1. The summed E-state index contributed by atoms with van der Waals surface area (Å²) in [6.07, 6.45) is 4.07. The predicted molar refractivity (Wildman–Crippen MR) is 126 cm³/mol. The molecule has 1 atom stereocenters. The van der Waals surface area contributed by atoms with E-state index in [0.717, 1.165) is 30.3 Å². The van der Waals surface area contributed by atoms with E-state index in [2.05, 4.69) is 34.7 Å². The van der Waals surface area contributed by atoms with Gasteiger partial charge < -0.3 is 0 Å². The van der Waals surface area contributed by atoms with Crippen molar-refractivity contribution in [2.75, 3.05) is 46.5 Å². The Hall–Kier alpha value is -2.62. The van der Waals surface area contributed by atoms with E-state index in [0.29, 0.717) is 19.6 Å². The number of rotatable bonds is 7. The number of amides is 1. The number of nitrogens with zero attached hydrogens (tertiary/aromatic N) is 2. The van der Waals surface area contributed by atoms with Gasteiger partial charge in [0.25, 0.3) is 5.91 Å². The summed E-state index contributed by atoms with van der Waals surface area (Å²) in [5.74, 6) is 10.8. The summed E-state index contributed by atoms with van der Waals surface area (Å²) in [7, 11) is 0.237. The van der Waals surface area contributed by atoms with Crippen molar-refractivity contribution < 1.29 is 18.4 Å². The molecule has 0 aromatic heterocycles. The molecule has 0 fully saturated rings. The van der Waals surface area contributed by atoms with Gasteiger partial charge in [-0.3, -0.25) is 19.8 Å². The molecular weight excluding hydrogens is 426 g/mol. The summed E-state index contributed by atoms with van der Waals surface area (Å²) < 4.78 is 22.5. The number of nitrogens with one attached hydrogen (secondary N) is 1. The highest BCUT2D eigenvalue weighted by molar-refractivity contribution is 7.92. The zero-order valence-corrected chi connectivity index (χ0v) is 19.9. The SMILES string of the molecule is CN(C)CC#CC#Cc1ccc(C2=CCN(CCC(C)(C(=O)NO)S(C)(=O)=O)CC2)cc1. The predicted octanol–water partition coefficient (Wildman–Crippen LogP) is 1.39. The van der Waals surface area contributed by atoms with Crippen LogP contribution in [-0.4, -0.2) is 80.6 Å². The van der Waals surface area contributed by atoms with Gasteiger partial charge in [0.15, 0.2) is 14.6 Å². The van der Waals surface area contributed by atoms with Crippen LogP contribution in [0.15, 0.2) is 30.3 Å². The standard InChI is InChI=1S/C24H31N3O4S/c1-24(23(28)25-29,32(4,30)31)15-19-27-17-13-22(14-18-27)21-11-9-20(10-12-21)8-6-5-7-16-26(2)3/h9-13,29H,14-19H2,1-4H3,(H,25,28). The third-order valence-electron chi connectivity index (χ3n) is 5.61. The van der Waals surface area contributed by atoms with Crippen molar-refractivity contribution >= 4 is 21.3 Å². The van der Waals surface area contributed by atoms with Gasteiger partial charge in [-0.25, -0.2) is 13.9 Å². The number of hydrogen-bond donors (Lipinski definition) is 2. The summed E-state index contributed by atoms with van der Waals surface area (Å²) in [5, 5.41) is 8.94. The fraction of sp³-hybridized carbons (Fsp3) is 0.458. The number of hydrogen-bond acceptors (Lipinski definition) is 6. The minimum atomic E-state index is -3.68. The highest BCUT2D eigenvalue weighted by Crippen LogP contribution is 2.25. The zero-order chi connectivity index (χ0) is 23.8. The number of sulfone groups is 1. The molecule has 0 bridgehead atoms. The average molecular weight is 458 g/mol. The van der Waals surface area contributed by atoms with Gasteiger partial charge in [-0.15, -0.1) is 0 Å². The molecule has 0 saturated carbocycles. The fourth-order valence-electron chi connectivity index (χ4n) is 3.25. The minimum Gasteiger partial charge on any atom is -0.299 e. The monoisotopic (exact) mass is 457 g/mol. The summed E-state index contributed by atoms with van der Waals surface area (Å²) in [5.41, 5.74) is 4.76. The van der Waals surface area contributed by atoms with Gasteiger partial charge in [-0.2, -0.15) is 0 Å². The van der Waals surface area contributed by atoms with Crippen LogP contribution in [0.2, 0.25) is 0 Å². The van der Waals surface area contributed by atoms with Gasteiger partial charge in [0, 0.05) is 31.5 Å². The van der Waals surface area contributed by atoms with E-state index in [9.17, 15) is 13.2 Å². The van der Waals surface area contributed by atoms with E-state index in [-0.39, 0.29) is 6.42 Å². The van der Waals surface area contributed by atoms with Crippen LogP contribution in [0.3, 0.4) is 0 Å². The molecule has 7 nitrogen and oxygen atoms in total. The quantitative estimate of drug-likeness (QED) is 0.365. The third kappa shape index (κ3) is 6.94. The first-order valence-corrected chi connectivity index (χ1v) is 12.3. The summed E-state index contributed by atoms with van der Waals surface area (Å²) in [6.45, 7) is 3.89. The molecule has 0 aliphatic carbocycles. The van der Waals surface area contributed by atoms with E-state index in [1.807, 2.05) is 43.3 Å². The van der Waals surface area contributed by atoms with Crippen LogP contribution in [0.4, 0.5) is 0 Å². The van der Waals surface area contributed by atoms with Crippen molar-refractivity contribution in [3.05, 3.63) is 41.5 Å². The summed E-state index contributed by atoms with van der Waals surface area (Å²) in [4.78, 5) is 16.0. The second-order valence-corrected chi connectivity index (χ2v) is 10.8. The first-order valence-electron chi connectivity index (χ1n) is 10.4. The Bertz CT molecular complexity index is 1070. The molecule has 1 aromatic carbocycles. The Balaban J connectivity index is 1.96. The van der Waals surface area contributed by atoms with Gasteiger partial charge in [0.1, 0.15) is 0 Å². The van der Waals surface area contributed by atoms with E-state index >= 15 is 0 Å². The number of benzene rings is 1. The molecule has 1 aromatic rings. The van der Waals surface area contributed by atoms with Crippen LogP contribution >= 0.6 is 0 Å². The lowest BCUT2D eigenvalue weighted by Gasteiger charge is -2.31. The van der Waals surface area contributed by atoms with Crippen LogP contribution in [0.5, 0.6) is 0 Å². The van der Waals surface area contributed by atoms with Crippen molar-refractivity contribution in [1.29, 1.82) is 0 Å². The molecule has 2 N–H and O–H groups in total. The topological polar surface area (TPSA) is 89.9 Å². The lowest BCUT2D eigenvalue weighted by molar-refractivity contribution is -0.131. The maximum absolute atomic E-state index is 12.1. The molecule has 0 spiro atoms. The second kappa shape index (κ2) is 11.3. The maximum Gasteiger partial charge on any atom is 0.264 e. The van der Waals surface area contributed by atoms with Crippen LogP contribution in [0.25, 0.3) is 5.57 Å². The highest BCUT2D eigenvalue weighted by atomic mass is 32.2. The van der Waals surface area contributed by atoms with Gasteiger partial charge in [-0.1, -0.05) is 30.0 Å². The van der Waals surface area contributed by atoms with E-state index in [4.69, 9.17) is 5.21 Å². The third-order valence-corrected chi connectivity index (χ3v) is 7.63. The Kier molecular flexibility index (Phi) is 9.06. The molecule has 0 saturated heterocycles. The van der Waals surface area contributed by atoms with Crippen molar-refractivity contribution in [3.8, 4) is 23.7 Å². The lowest BCUT2D eigenvalue weighted by atomic mass is 9.98. The Morgan fingerprint density at radius 1 is 1.25 bits per heavy atom. The molecule has 32 heavy (non-hydrogen) atoms. The molecule has 0 radical (unpaired) electrons. The molecule has 1 amide bonds. The average Bonchev–Trinajstić information content (AvgIpc) is 2.76. The van der Waals surface area contributed by atoms with Crippen molar-refractivity contribution in [2.45, 2.75) is 24.5 Å². The Morgan fingerprint density at radius 2 is 1.94 bits per heavy atom. The van der Waals surface area contributed by atoms with Crippen LogP contribution in [-0.2, 0) is 14.6 Å². The van der Waals surface area contributed by atoms with Crippen molar-refractivity contribution in [3.63, 3.8) is 0 Å². The maximum atomic E-state index is 12.1. The number of carbonyl (C=O) groups is 1. The largest absolute Gasteiger partial charge is 0.299 e. The molecule has 1 aliphatic heterocycles. The van der Waals surface area contributed by atoms with E-state index in [1.54, 1.807) is 0 Å². The molecule has 2 rings (SSSR count). The number of carbonyl (C=O) groups excluding carboxylic acids is 1. The lowest BCUT2D eigenvalue weighted by Crippen LogP contribution is -2.51. The zero-order valence-electron chi connectivity index (χ0n) is 19.1. The molecule has 8 heteroatoms. The second-order valence-electron chi connectivity index (χ2n) is 8.34. The Morgan fingerprint density at radius 3 is 2.47 bits per heavy atom. The van der Waals surface area contributed by atoms with Gasteiger partial charge in [0.05, 0.1) is 6.54 Å². The molecule has 1 heterocycles. The van der Waals surface area contributed by atoms with Crippen molar-refractivity contribution in [1.82, 2.24) is 15.3 Å². The van der Waals surface area contributed by atoms with E-state index < -0.39 is 20.5 Å².